The van der Waals surface area contributed by atoms with Crippen LogP contribution in [0.2, 0.25) is 0 Å². The van der Waals surface area contributed by atoms with Crippen LogP contribution < -0.4 is 9.64 Å². The van der Waals surface area contributed by atoms with Crippen molar-refractivity contribution in [1.29, 1.82) is 0 Å². The molecular formula is C18H23N3O3. The molecule has 0 N–H and O–H groups in total. The number of anilines is 1. The summed E-state index contributed by atoms with van der Waals surface area (Å²) < 4.78 is 10.4. The molecule has 1 amide bonds. The second-order valence-corrected chi connectivity index (χ2v) is 5.84. The maximum atomic E-state index is 11.8. The van der Waals surface area contributed by atoms with Crippen LogP contribution in [0.25, 0.3) is 10.9 Å². The average Bonchev–Trinajstić information content (AvgIpc) is 2.60. The van der Waals surface area contributed by atoms with E-state index in [2.05, 4.69) is 16.0 Å². The number of carbonyl (C=O) groups is 1. The zero-order valence-corrected chi connectivity index (χ0v) is 14.4. The van der Waals surface area contributed by atoms with Gasteiger partial charge in [0.1, 0.15) is 5.75 Å². The summed E-state index contributed by atoms with van der Waals surface area (Å²) in [5.41, 5.74) is 3.06. The third-order valence-corrected chi connectivity index (χ3v) is 4.27. The lowest BCUT2D eigenvalue weighted by atomic mass is 10.1. The van der Waals surface area contributed by atoms with Crippen LogP contribution in [0.3, 0.4) is 0 Å². The molecule has 1 saturated heterocycles. The molecule has 1 aromatic heterocycles. The van der Waals surface area contributed by atoms with Crippen molar-refractivity contribution in [3.05, 3.63) is 30.0 Å². The molecule has 0 saturated carbocycles. The van der Waals surface area contributed by atoms with Gasteiger partial charge in [-0.25, -0.2) is 4.79 Å². The normalized spacial score (nSPS) is 14.8. The quantitative estimate of drug-likeness (QED) is 0.867. The van der Waals surface area contributed by atoms with Gasteiger partial charge in [-0.2, -0.15) is 0 Å². The molecule has 2 aromatic rings. The van der Waals surface area contributed by atoms with Crippen LogP contribution in [0.15, 0.2) is 24.3 Å². The fourth-order valence-corrected chi connectivity index (χ4v) is 3.05. The lowest BCUT2D eigenvalue weighted by Crippen LogP contribution is -2.49. The van der Waals surface area contributed by atoms with Crippen LogP contribution >= 0.6 is 0 Å². The fraction of sp³-hybridized carbons (Fsp3) is 0.444. The van der Waals surface area contributed by atoms with Crippen molar-refractivity contribution in [2.45, 2.75) is 13.8 Å². The third kappa shape index (κ3) is 3.22. The Labute approximate surface area is 142 Å². The summed E-state index contributed by atoms with van der Waals surface area (Å²) in [7, 11) is 1.66. The Balaban J connectivity index is 1.84. The Morgan fingerprint density at radius 2 is 1.96 bits per heavy atom. The highest BCUT2D eigenvalue weighted by Gasteiger charge is 2.23. The van der Waals surface area contributed by atoms with Crippen molar-refractivity contribution < 1.29 is 14.3 Å². The van der Waals surface area contributed by atoms with E-state index in [4.69, 9.17) is 9.47 Å². The topological polar surface area (TPSA) is 54.9 Å². The highest BCUT2D eigenvalue weighted by atomic mass is 16.6. The van der Waals surface area contributed by atoms with Crippen LogP contribution in [0, 0.1) is 6.92 Å². The number of ether oxygens (including phenoxy) is 2. The number of benzene rings is 1. The monoisotopic (exact) mass is 329 g/mol. The first kappa shape index (κ1) is 16.4. The number of piperazine rings is 1. The largest absolute Gasteiger partial charge is 0.497 e. The van der Waals surface area contributed by atoms with Crippen molar-refractivity contribution in [3.63, 3.8) is 0 Å². The number of nitrogens with zero attached hydrogens (tertiary/aromatic N) is 3. The van der Waals surface area contributed by atoms with E-state index in [1.54, 1.807) is 12.0 Å². The van der Waals surface area contributed by atoms with Crippen LogP contribution in [0.5, 0.6) is 5.75 Å². The number of methoxy groups -OCH3 is 1. The van der Waals surface area contributed by atoms with Gasteiger partial charge in [-0.3, -0.25) is 4.98 Å². The van der Waals surface area contributed by atoms with Gasteiger partial charge in [0.25, 0.3) is 0 Å². The van der Waals surface area contributed by atoms with Gasteiger partial charge in [-0.05, 0) is 32.0 Å². The zero-order valence-electron chi connectivity index (χ0n) is 14.4. The predicted molar refractivity (Wildman–Crippen MR) is 93.8 cm³/mol. The van der Waals surface area contributed by atoms with Gasteiger partial charge in [-0.15, -0.1) is 0 Å². The molecule has 1 aliphatic rings. The molecule has 6 heteroatoms. The van der Waals surface area contributed by atoms with Crippen LogP contribution in [0.1, 0.15) is 12.6 Å². The second-order valence-electron chi connectivity index (χ2n) is 5.84. The summed E-state index contributed by atoms with van der Waals surface area (Å²) in [4.78, 5) is 20.5. The number of aromatic nitrogens is 1. The second kappa shape index (κ2) is 6.95. The van der Waals surface area contributed by atoms with Gasteiger partial charge in [0.2, 0.25) is 0 Å². The zero-order chi connectivity index (χ0) is 17.1. The molecule has 0 aliphatic carbocycles. The molecule has 24 heavy (non-hydrogen) atoms. The Kier molecular flexibility index (Phi) is 4.74. The number of fused-ring (bicyclic) bond motifs is 1. The molecule has 2 heterocycles. The number of carbonyl (C=O) groups excluding carboxylic acids is 1. The van der Waals surface area contributed by atoms with Crippen LogP contribution in [-0.4, -0.2) is 55.9 Å². The first-order valence-electron chi connectivity index (χ1n) is 8.24. The van der Waals surface area contributed by atoms with Crippen molar-refractivity contribution in [2.75, 3.05) is 44.8 Å². The summed E-state index contributed by atoms with van der Waals surface area (Å²) >= 11 is 0. The minimum absolute atomic E-state index is 0.224. The molecule has 1 aromatic carbocycles. The summed E-state index contributed by atoms with van der Waals surface area (Å²) in [6.07, 6.45) is -0.224. The number of pyridine rings is 1. The Morgan fingerprint density at radius 3 is 2.62 bits per heavy atom. The maximum absolute atomic E-state index is 11.8. The number of rotatable bonds is 3. The van der Waals surface area contributed by atoms with E-state index in [0.29, 0.717) is 19.7 Å². The first-order chi connectivity index (χ1) is 11.6. The van der Waals surface area contributed by atoms with E-state index in [-0.39, 0.29) is 6.09 Å². The van der Waals surface area contributed by atoms with E-state index < -0.39 is 0 Å². The molecule has 6 nitrogen and oxygen atoms in total. The molecule has 0 unspecified atom stereocenters. The SMILES string of the molecule is CCOC(=O)N1CCN(c2cc(C)nc3cc(OC)ccc23)CC1. The number of hydrogen-bond acceptors (Lipinski definition) is 5. The highest BCUT2D eigenvalue weighted by molar-refractivity contribution is 5.93. The maximum Gasteiger partial charge on any atom is 0.409 e. The molecule has 1 fully saturated rings. The minimum Gasteiger partial charge on any atom is -0.497 e. The van der Waals surface area contributed by atoms with Crippen molar-refractivity contribution in [3.8, 4) is 5.75 Å². The van der Waals surface area contributed by atoms with Gasteiger partial charge < -0.3 is 19.3 Å². The predicted octanol–water partition coefficient (Wildman–Crippen LogP) is 2.83. The molecule has 0 atom stereocenters. The lowest BCUT2D eigenvalue weighted by Gasteiger charge is -2.36. The third-order valence-electron chi connectivity index (χ3n) is 4.27. The van der Waals surface area contributed by atoms with Gasteiger partial charge >= 0.3 is 6.09 Å². The Hall–Kier alpha value is -2.50. The van der Waals surface area contributed by atoms with Crippen LogP contribution in [0.4, 0.5) is 10.5 Å². The molecule has 0 bridgehead atoms. The van der Waals surface area contributed by atoms with Gasteiger partial charge in [0, 0.05) is 49.0 Å². The van der Waals surface area contributed by atoms with Gasteiger partial charge in [0.15, 0.2) is 0 Å². The molecule has 128 valence electrons. The molecular weight excluding hydrogens is 306 g/mol. The smallest absolute Gasteiger partial charge is 0.409 e. The lowest BCUT2D eigenvalue weighted by molar-refractivity contribution is 0.105. The summed E-state index contributed by atoms with van der Waals surface area (Å²) in [5.74, 6) is 0.804. The Morgan fingerprint density at radius 1 is 1.21 bits per heavy atom. The highest BCUT2D eigenvalue weighted by Crippen LogP contribution is 2.30. The van der Waals surface area contributed by atoms with E-state index in [0.717, 1.165) is 41.1 Å². The number of hydrogen-bond donors (Lipinski definition) is 0. The summed E-state index contributed by atoms with van der Waals surface area (Å²) in [5, 5.41) is 1.10. The summed E-state index contributed by atoms with van der Waals surface area (Å²) in [6, 6.07) is 8.07. The number of aryl methyl sites for hydroxylation is 1. The molecule has 1 aliphatic heterocycles. The molecule has 0 spiro atoms. The average molecular weight is 329 g/mol. The van der Waals surface area contributed by atoms with E-state index in [1.165, 1.54) is 0 Å². The first-order valence-corrected chi connectivity index (χ1v) is 8.24. The Bertz CT molecular complexity index is 740. The minimum atomic E-state index is -0.224. The standard InChI is InChI=1S/C18H23N3O3/c1-4-24-18(22)21-9-7-20(8-10-21)17-11-13(2)19-16-12-14(23-3)5-6-15(16)17/h5-6,11-12H,4,7-10H2,1-3H3. The molecule has 0 radical (unpaired) electrons. The van der Waals surface area contributed by atoms with Crippen LogP contribution in [-0.2, 0) is 4.74 Å². The van der Waals surface area contributed by atoms with E-state index in [1.807, 2.05) is 32.0 Å². The van der Waals surface area contributed by atoms with Gasteiger partial charge in [0.05, 0.1) is 19.2 Å². The van der Waals surface area contributed by atoms with E-state index in [9.17, 15) is 4.79 Å². The van der Waals surface area contributed by atoms with E-state index >= 15 is 0 Å². The molecule has 3 rings (SSSR count). The van der Waals surface area contributed by atoms with Crippen molar-refractivity contribution >= 4 is 22.7 Å². The summed E-state index contributed by atoms with van der Waals surface area (Å²) in [6.45, 7) is 7.13. The fourth-order valence-electron chi connectivity index (χ4n) is 3.05. The van der Waals surface area contributed by atoms with Gasteiger partial charge in [-0.1, -0.05) is 0 Å². The number of amides is 1. The van der Waals surface area contributed by atoms with Crippen molar-refractivity contribution in [1.82, 2.24) is 9.88 Å². The van der Waals surface area contributed by atoms with Crippen molar-refractivity contribution in [2.24, 2.45) is 0 Å².